The van der Waals surface area contributed by atoms with E-state index in [0.717, 1.165) is 11.1 Å². The van der Waals surface area contributed by atoms with Gasteiger partial charge in [0.1, 0.15) is 4.88 Å². The van der Waals surface area contributed by atoms with Crippen LogP contribution in [0.1, 0.15) is 36.0 Å². The molecule has 0 atom stereocenters. The molecule has 1 aromatic carbocycles. The van der Waals surface area contributed by atoms with Gasteiger partial charge < -0.3 is 4.74 Å². The zero-order valence-corrected chi connectivity index (χ0v) is 12.5. The quantitative estimate of drug-likeness (QED) is 0.754. The van der Waals surface area contributed by atoms with Crippen LogP contribution in [0.25, 0.3) is 11.1 Å². The normalized spacial score (nSPS) is 11.4. The van der Waals surface area contributed by atoms with Gasteiger partial charge in [-0.1, -0.05) is 45.0 Å². The number of hydrogen-bond donors (Lipinski definition) is 0. The lowest BCUT2D eigenvalue weighted by atomic mass is 9.86. The first-order valence-electron chi connectivity index (χ1n) is 6.20. The summed E-state index contributed by atoms with van der Waals surface area (Å²) in [5.41, 5.74) is 3.41. The Morgan fingerprint density at radius 3 is 2.26 bits per heavy atom. The van der Waals surface area contributed by atoms with Crippen LogP contribution in [0.15, 0.2) is 35.7 Å². The summed E-state index contributed by atoms with van der Waals surface area (Å²) in [5.74, 6) is -0.273. The van der Waals surface area contributed by atoms with Gasteiger partial charge in [0, 0.05) is 5.56 Å². The third kappa shape index (κ3) is 2.87. The van der Waals surface area contributed by atoms with Gasteiger partial charge in [-0.2, -0.15) is 0 Å². The molecule has 0 bridgehead atoms. The maximum Gasteiger partial charge on any atom is 0.348 e. The van der Waals surface area contributed by atoms with E-state index < -0.39 is 0 Å². The number of benzene rings is 1. The molecule has 100 valence electrons. The van der Waals surface area contributed by atoms with Crippen LogP contribution < -0.4 is 0 Å². The Morgan fingerprint density at radius 1 is 1.11 bits per heavy atom. The lowest BCUT2D eigenvalue weighted by Crippen LogP contribution is -2.10. The molecule has 1 heterocycles. The minimum absolute atomic E-state index is 0.137. The van der Waals surface area contributed by atoms with Gasteiger partial charge in [-0.05, 0) is 28.0 Å². The Bertz CT molecular complexity index is 574. The Balaban J connectivity index is 2.38. The van der Waals surface area contributed by atoms with Gasteiger partial charge >= 0.3 is 5.97 Å². The van der Waals surface area contributed by atoms with Gasteiger partial charge in [-0.3, -0.25) is 0 Å². The standard InChI is InChI=1S/C16H18O2S/c1-16(2,3)12-7-5-11(6-8-12)13-9-10-19-14(13)15(17)18-4/h5-10H,1-4H3. The summed E-state index contributed by atoms with van der Waals surface area (Å²) in [6, 6.07) is 10.3. The molecule has 0 aliphatic carbocycles. The smallest absolute Gasteiger partial charge is 0.348 e. The number of esters is 1. The molecule has 0 saturated carbocycles. The molecule has 0 aliphatic rings. The van der Waals surface area contributed by atoms with Crippen molar-refractivity contribution < 1.29 is 9.53 Å². The average molecular weight is 274 g/mol. The van der Waals surface area contributed by atoms with E-state index >= 15 is 0 Å². The molecule has 0 aliphatic heterocycles. The van der Waals surface area contributed by atoms with Crippen molar-refractivity contribution in [2.75, 3.05) is 7.11 Å². The largest absolute Gasteiger partial charge is 0.465 e. The second-order valence-electron chi connectivity index (χ2n) is 5.48. The van der Waals surface area contributed by atoms with Crippen molar-refractivity contribution in [1.82, 2.24) is 0 Å². The topological polar surface area (TPSA) is 26.3 Å². The van der Waals surface area contributed by atoms with Gasteiger partial charge in [-0.25, -0.2) is 4.79 Å². The molecule has 2 rings (SSSR count). The fourth-order valence-corrected chi connectivity index (χ4v) is 2.77. The Labute approximate surface area is 118 Å². The molecule has 0 saturated heterocycles. The molecule has 0 radical (unpaired) electrons. The van der Waals surface area contributed by atoms with E-state index in [-0.39, 0.29) is 11.4 Å². The van der Waals surface area contributed by atoms with E-state index in [1.54, 1.807) is 0 Å². The summed E-state index contributed by atoms with van der Waals surface area (Å²) in [5, 5.41) is 1.92. The summed E-state index contributed by atoms with van der Waals surface area (Å²) in [6.45, 7) is 6.56. The predicted molar refractivity (Wildman–Crippen MR) is 79.8 cm³/mol. The summed E-state index contributed by atoms with van der Waals surface area (Å²) in [6.07, 6.45) is 0. The lowest BCUT2D eigenvalue weighted by molar-refractivity contribution is 0.0607. The third-order valence-electron chi connectivity index (χ3n) is 3.10. The number of carbonyl (C=O) groups excluding carboxylic acids is 1. The van der Waals surface area contributed by atoms with Crippen molar-refractivity contribution in [3.05, 3.63) is 46.2 Å². The highest BCUT2D eigenvalue weighted by Gasteiger charge is 2.16. The molecular formula is C16H18O2S. The number of rotatable bonds is 2. The van der Waals surface area contributed by atoms with Gasteiger partial charge in [0.05, 0.1) is 7.11 Å². The van der Waals surface area contributed by atoms with Crippen molar-refractivity contribution in [3.63, 3.8) is 0 Å². The number of carbonyl (C=O) groups is 1. The third-order valence-corrected chi connectivity index (χ3v) is 3.99. The highest BCUT2D eigenvalue weighted by molar-refractivity contribution is 7.12. The van der Waals surface area contributed by atoms with Crippen molar-refractivity contribution in [3.8, 4) is 11.1 Å². The molecule has 2 aromatic rings. The van der Waals surface area contributed by atoms with E-state index in [0.29, 0.717) is 4.88 Å². The molecule has 0 fully saturated rings. The zero-order chi connectivity index (χ0) is 14.0. The lowest BCUT2D eigenvalue weighted by Gasteiger charge is -2.19. The van der Waals surface area contributed by atoms with Crippen LogP contribution in [0.4, 0.5) is 0 Å². The van der Waals surface area contributed by atoms with Crippen LogP contribution in [-0.4, -0.2) is 13.1 Å². The van der Waals surface area contributed by atoms with Gasteiger partial charge in [0.25, 0.3) is 0 Å². The van der Waals surface area contributed by atoms with E-state index in [2.05, 4.69) is 45.0 Å². The summed E-state index contributed by atoms with van der Waals surface area (Å²) in [7, 11) is 1.41. The molecule has 0 spiro atoms. The number of methoxy groups -OCH3 is 1. The first-order valence-corrected chi connectivity index (χ1v) is 7.08. The monoisotopic (exact) mass is 274 g/mol. The predicted octanol–water partition coefficient (Wildman–Crippen LogP) is 4.50. The maximum atomic E-state index is 11.7. The van der Waals surface area contributed by atoms with E-state index in [4.69, 9.17) is 4.74 Å². The van der Waals surface area contributed by atoms with Crippen molar-refractivity contribution in [1.29, 1.82) is 0 Å². The zero-order valence-electron chi connectivity index (χ0n) is 11.7. The van der Waals surface area contributed by atoms with E-state index in [9.17, 15) is 4.79 Å². The number of hydrogen-bond acceptors (Lipinski definition) is 3. The second kappa shape index (κ2) is 5.17. The van der Waals surface area contributed by atoms with Crippen LogP contribution in [0, 0.1) is 0 Å². The molecule has 1 aromatic heterocycles. The van der Waals surface area contributed by atoms with Crippen LogP contribution in [0.3, 0.4) is 0 Å². The number of thiophene rings is 1. The first kappa shape index (κ1) is 13.8. The molecule has 0 amide bonds. The molecule has 0 unspecified atom stereocenters. The molecule has 19 heavy (non-hydrogen) atoms. The Morgan fingerprint density at radius 2 is 1.74 bits per heavy atom. The highest BCUT2D eigenvalue weighted by Crippen LogP contribution is 2.31. The van der Waals surface area contributed by atoms with Crippen LogP contribution >= 0.6 is 11.3 Å². The Kier molecular flexibility index (Phi) is 3.76. The summed E-state index contributed by atoms with van der Waals surface area (Å²) in [4.78, 5) is 12.3. The summed E-state index contributed by atoms with van der Waals surface area (Å²) < 4.78 is 4.81. The van der Waals surface area contributed by atoms with Gasteiger partial charge in [-0.15, -0.1) is 11.3 Å². The maximum absolute atomic E-state index is 11.7. The van der Waals surface area contributed by atoms with Crippen LogP contribution in [0.5, 0.6) is 0 Å². The fraction of sp³-hybridized carbons (Fsp3) is 0.312. The average Bonchev–Trinajstić information content (AvgIpc) is 2.86. The Hall–Kier alpha value is -1.61. The molecule has 0 N–H and O–H groups in total. The fourth-order valence-electron chi connectivity index (χ4n) is 1.94. The van der Waals surface area contributed by atoms with Crippen molar-refractivity contribution in [2.24, 2.45) is 0 Å². The minimum atomic E-state index is -0.273. The second-order valence-corrected chi connectivity index (χ2v) is 6.40. The number of ether oxygens (including phenoxy) is 1. The van der Waals surface area contributed by atoms with Crippen LogP contribution in [-0.2, 0) is 10.2 Å². The van der Waals surface area contributed by atoms with Crippen molar-refractivity contribution in [2.45, 2.75) is 26.2 Å². The van der Waals surface area contributed by atoms with E-state index in [1.165, 1.54) is 24.0 Å². The molecule has 2 nitrogen and oxygen atoms in total. The SMILES string of the molecule is COC(=O)c1sccc1-c1ccc(C(C)(C)C)cc1. The molecular weight excluding hydrogens is 256 g/mol. The summed E-state index contributed by atoms with van der Waals surface area (Å²) >= 11 is 1.41. The molecule has 3 heteroatoms. The highest BCUT2D eigenvalue weighted by atomic mass is 32.1. The first-order chi connectivity index (χ1) is 8.93. The van der Waals surface area contributed by atoms with E-state index in [1.807, 2.05) is 11.4 Å². The van der Waals surface area contributed by atoms with Crippen LogP contribution in [0.2, 0.25) is 0 Å². The minimum Gasteiger partial charge on any atom is -0.465 e. The van der Waals surface area contributed by atoms with Crippen molar-refractivity contribution >= 4 is 17.3 Å². The van der Waals surface area contributed by atoms with Gasteiger partial charge in [0.15, 0.2) is 0 Å². The van der Waals surface area contributed by atoms with Gasteiger partial charge in [0.2, 0.25) is 0 Å².